The van der Waals surface area contributed by atoms with Crippen molar-refractivity contribution in [1.82, 2.24) is 0 Å². The van der Waals surface area contributed by atoms with E-state index >= 15 is 0 Å². The van der Waals surface area contributed by atoms with Crippen molar-refractivity contribution >= 4 is 43.7 Å². The van der Waals surface area contributed by atoms with Crippen LogP contribution in [0.3, 0.4) is 0 Å². The van der Waals surface area contributed by atoms with Crippen LogP contribution in [0.25, 0.3) is 0 Å². The summed E-state index contributed by atoms with van der Waals surface area (Å²) in [6, 6.07) is 43.0. The number of benzene rings is 4. The normalized spacial score (nSPS) is 13.8. The molecule has 0 unspecified atom stereocenters. The highest BCUT2D eigenvalue weighted by molar-refractivity contribution is 7.00. The van der Waals surface area contributed by atoms with Crippen LogP contribution in [0.5, 0.6) is 0 Å². The molecule has 0 aliphatic carbocycles. The van der Waals surface area contributed by atoms with Crippen LogP contribution in [-0.4, -0.2) is 36.1 Å². The number of aldehydes is 1. The summed E-state index contributed by atoms with van der Waals surface area (Å²) in [6.07, 6.45) is 3.77. The molecule has 0 aliphatic rings. The molecule has 4 rings (SSSR count). The molecule has 45 heavy (non-hydrogen) atoms. The van der Waals surface area contributed by atoms with Gasteiger partial charge in [0.25, 0.3) is 16.6 Å². The molecule has 5 heteroatoms. The lowest BCUT2D eigenvalue weighted by Crippen LogP contribution is -2.67. The third-order valence-corrected chi connectivity index (χ3v) is 18.9. The van der Waals surface area contributed by atoms with Crippen molar-refractivity contribution in [2.75, 3.05) is 13.2 Å². The predicted molar refractivity (Wildman–Crippen MR) is 195 cm³/mol. The van der Waals surface area contributed by atoms with Gasteiger partial charge in [0.15, 0.2) is 0 Å². The van der Waals surface area contributed by atoms with E-state index in [0.29, 0.717) is 13.2 Å². The third-order valence-electron chi connectivity index (χ3n) is 8.84. The second kappa shape index (κ2) is 14.8. The minimum absolute atomic E-state index is 0.00932. The molecule has 3 nitrogen and oxygen atoms in total. The van der Waals surface area contributed by atoms with Crippen LogP contribution >= 0.6 is 0 Å². The first-order valence-electron chi connectivity index (χ1n) is 16.1. The number of carbonyl (C=O) groups is 1. The van der Waals surface area contributed by atoms with Gasteiger partial charge in [-0.25, -0.2) is 0 Å². The minimum atomic E-state index is -2.73. The average Bonchev–Trinajstić information content (AvgIpc) is 3.03. The van der Waals surface area contributed by atoms with Crippen molar-refractivity contribution in [3.05, 3.63) is 133 Å². The van der Waals surface area contributed by atoms with Gasteiger partial charge < -0.3 is 8.85 Å². The Bertz CT molecular complexity index is 1430. The Kier molecular flexibility index (Phi) is 11.4. The van der Waals surface area contributed by atoms with E-state index in [-0.39, 0.29) is 16.0 Å². The molecule has 0 amide bonds. The lowest BCUT2D eigenvalue weighted by Gasteiger charge is -2.44. The van der Waals surface area contributed by atoms with Crippen molar-refractivity contribution in [2.24, 2.45) is 5.92 Å². The molecule has 0 aromatic heterocycles. The molecule has 0 fully saturated rings. The van der Waals surface area contributed by atoms with Gasteiger partial charge in [0.1, 0.15) is 6.29 Å². The lowest BCUT2D eigenvalue weighted by molar-refractivity contribution is -0.104. The molecular weight excluding hydrogens is 585 g/mol. The third kappa shape index (κ3) is 7.55. The second-order valence-corrected chi connectivity index (χ2v) is 22.7. The molecule has 0 heterocycles. The fourth-order valence-electron chi connectivity index (χ4n) is 6.74. The van der Waals surface area contributed by atoms with E-state index in [0.717, 1.165) is 18.3 Å². The maximum atomic E-state index is 11.9. The van der Waals surface area contributed by atoms with E-state index < -0.39 is 16.6 Å². The molecule has 1 atom stereocenters. The van der Waals surface area contributed by atoms with Crippen LogP contribution in [0, 0.1) is 5.92 Å². The topological polar surface area (TPSA) is 35.5 Å². The van der Waals surface area contributed by atoms with Gasteiger partial charge in [-0.1, -0.05) is 169 Å². The molecule has 4 aromatic carbocycles. The summed E-state index contributed by atoms with van der Waals surface area (Å²) in [4.78, 5) is 11.9. The molecule has 0 N–H and O–H groups in total. The fraction of sp³-hybridized carbons (Fsp3) is 0.325. The largest absolute Gasteiger partial charge is 0.407 e. The standard InChI is InChI=1S/C40H50O3Si2/c1-33(31-41)30-34(32-43-45(40(5,6)7,37-24-16-10-17-25-37)38-26-18-11-19-27-38)28-29-42-44(39(2,3)4,35-20-12-8-13-21-35)36-22-14-9-15-23-36/h8-27,30-31,34H,28-29,32H2,1-7H3/b33-30+/t34-/m0/s1. The highest BCUT2D eigenvalue weighted by Gasteiger charge is 2.51. The summed E-state index contributed by atoms with van der Waals surface area (Å²) in [5.74, 6) is 0.00932. The van der Waals surface area contributed by atoms with Gasteiger partial charge in [-0.05, 0) is 49.7 Å². The summed E-state index contributed by atoms with van der Waals surface area (Å²) in [6.45, 7) is 16.8. The molecular formula is C40H50O3Si2. The van der Waals surface area contributed by atoms with E-state index in [1.807, 2.05) is 6.92 Å². The first-order valence-corrected chi connectivity index (χ1v) is 19.9. The van der Waals surface area contributed by atoms with E-state index in [1.54, 1.807) is 0 Å². The highest BCUT2D eigenvalue weighted by atomic mass is 28.4. The first-order chi connectivity index (χ1) is 21.5. The zero-order valence-corrected chi connectivity index (χ0v) is 30.1. The fourth-order valence-corrected chi connectivity index (χ4v) is 15.9. The van der Waals surface area contributed by atoms with E-state index in [2.05, 4.69) is 169 Å². The monoisotopic (exact) mass is 634 g/mol. The summed E-state index contributed by atoms with van der Waals surface area (Å²) in [5.41, 5.74) is 0.719. The molecule has 0 radical (unpaired) electrons. The predicted octanol–water partition coefficient (Wildman–Crippen LogP) is 7.29. The van der Waals surface area contributed by atoms with Crippen LogP contribution < -0.4 is 20.7 Å². The van der Waals surface area contributed by atoms with Gasteiger partial charge in [0.2, 0.25) is 0 Å². The van der Waals surface area contributed by atoms with Gasteiger partial charge in [0, 0.05) is 19.1 Å². The van der Waals surface area contributed by atoms with E-state index in [4.69, 9.17) is 8.85 Å². The van der Waals surface area contributed by atoms with Gasteiger partial charge in [-0.2, -0.15) is 0 Å². The molecule has 0 saturated heterocycles. The Morgan fingerprint density at radius 1 is 0.600 bits per heavy atom. The Hall–Kier alpha value is -3.36. The number of hydrogen-bond acceptors (Lipinski definition) is 3. The van der Waals surface area contributed by atoms with Crippen LogP contribution in [0.4, 0.5) is 0 Å². The van der Waals surface area contributed by atoms with E-state index in [1.165, 1.54) is 20.7 Å². The maximum Gasteiger partial charge on any atom is 0.261 e. The minimum Gasteiger partial charge on any atom is -0.407 e. The average molecular weight is 635 g/mol. The molecule has 0 spiro atoms. The first kappa shape index (κ1) is 34.5. The van der Waals surface area contributed by atoms with Crippen LogP contribution in [0.2, 0.25) is 10.1 Å². The van der Waals surface area contributed by atoms with Crippen molar-refractivity contribution in [1.29, 1.82) is 0 Å². The lowest BCUT2D eigenvalue weighted by atomic mass is 10.0. The van der Waals surface area contributed by atoms with Crippen LogP contribution in [0.1, 0.15) is 54.9 Å². The van der Waals surface area contributed by atoms with Crippen molar-refractivity contribution in [2.45, 2.75) is 65.0 Å². The summed E-state index contributed by atoms with van der Waals surface area (Å²) < 4.78 is 14.6. The molecule has 0 bridgehead atoms. The van der Waals surface area contributed by atoms with Crippen LogP contribution in [-0.2, 0) is 13.6 Å². The number of allylic oxidation sites excluding steroid dienone is 1. The summed E-state index contributed by atoms with van der Waals surface area (Å²) >= 11 is 0. The number of carbonyl (C=O) groups excluding carboxylic acids is 1. The van der Waals surface area contributed by atoms with Gasteiger partial charge in [-0.3, -0.25) is 4.79 Å². The van der Waals surface area contributed by atoms with Crippen LogP contribution in [0.15, 0.2) is 133 Å². The molecule has 0 aliphatic heterocycles. The Morgan fingerprint density at radius 2 is 0.933 bits per heavy atom. The zero-order chi connectivity index (χ0) is 32.6. The molecule has 0 saturated carbocycles. The van der Waals surface area contributed by atoms with Gasteiger partial charge in [0.05, 0.1) is 0 Å². The quantitative estimate of drug-likeness (QED) is 0.0881. The second-order valence-electron chi connectivity index (χ2n) is 14.1. The maximum absolute atomic E-state index is 11.9. The smallest absolute Gasteiger partial charge is 0.261 e. The Balaban J connectivity index is 1.70. The zero-order valence-electron chi connectivity index (χ0n) is 28.1. The summed E-state index contributed by atoms with van der Waals surface area (Å²) in [7, 11) is -5.42. The van der Waals surface area contributed by atoms with Gasteiger partial charge in [-0.15, -0.1) is 0 Å². The summed E-state index contributed by atoms with van der Waals surface area (Å²) in [5, 5.41) is 4.80. The Labute approximate surface area is 273 Å². The Morgan fingerprint density at radius 3 is 1.24 bits per heavy atom. The molecule has 236 valence electrons. The number of hydrogen-bond donors (Lipinski definition) is 0. The van der Waals surface area contributed by atoms with Crippen molar-refractivity contribution in [3.63, 3.8) is 0 Å². The van der Waals surface area contributed by atoms with E-state index in [9.17, 15) is 4.79 Å². The SMILES string of the molecule is C/C(C=O)=C\[C@H](CCO[Si](c1ccccc1)(c1ccccc1)C(C)(C)C)CO[Si](c1ccccc1)(c1ccccc1)C(C)(C)C. The van der Waals surface area contributed by atoms with Crippen molar-refractivity contribution < 1.29 is 13.6 Å². The van der Waals surface area contributed by atoms with Gasteiger partial charge >= 0.3 is 0 Å². The highest BCUT2D eigenvalue weighted by Crippen LogP contribution is 2.38. The number of rotatable bonds is 13. The molecule has 4 aromatic rings. The van der Waals surface area contributed by atoms with Crippen molar-refractivity contribution in [3.8, 4) is 0 Å².